The molecule has 0 radical (unpaired) electrons. The summed E-state index contributed by atoms with van der Waals surface area (Å²) in [5.74, 6) is 1.49. The van der Waals surface area contributed by atoms with Gasteiger partial charge in [-0.1, -0.05) is 46.4 Å². The van der Waals surface area contributed by atoms with Gasteiger partial charge < -0.3 is 20.9 Å². The third kappa shape index (κ3) is 12.8. The second-order valence-electron chi connectivity index (χ2n) is 11.1. The minimum absolute atomic E-state index is 0.0392. The van der Waals surface area contributed by atoms with E-state index in [1.807, 2.05) is 16.8 Å². The molecule has 2 amide bonds. The first-order valence-electron chi connectivity index (χ1n) is 14.9. The molecule has 234 valence electrons. The summed E-state index contributed by atoms with van der Waals surface area (Å²) in [5.41, 5.74) is 7.25. The number of nitrogens with one attached hydrogen (secondary N) is 1. The van der Waals surface area contributed by atoms with Gasteiger partial charge in [-0.3, -0.25) is 9.59 Å². The number of benzene rings is 2. The molecule has 6 nitrogen and oxygen atoms in total. The van der Waals surface area contributed by atoms with E-state index >= 15 is 0 Å². The Morgan fingerprint density at radius 2 is 1.09 bits per heavy atom. The number of hydrogen-bond donors (Lipinski definition) is 2. The number of halogens is 4. The number of nitrogens with two attached hydrogens (primary N) is 1. The van der Waals surface area contributed by atoms with Crippen molar-refractivity contribution in [1.82, 2.24) is 15.1 Å². The van der Waals surface area contributed by atoms with Gasteiger partial charge in [-0.25, -0.2) is 0 Å². The highest BCUT2D eigenvalue weighted by molar-refractivity contribution is 6.35. The van der Waals surface area contributed by atoms with Crippen LogP contribution in [0.1, 0.15) is 49.7 Å². The summed E-state index contributed by atoms with van der Waals surface area (Å²) < 4.78 is 0. The number of likely N-dealkylation sites (tertiary alicyclic amines) is 2. The summed E-state index contributed by atoms with van der Waals surface area (Å²) in [6, 6.07) is 10.5. The molecule has 4 rings (SSSR count). The van der Waals surface area contributed by atoms with Gasteiger partial charge in [0, 0.05) is 58.4 Å². The summed E-state index contributed by atoms with van der Waals surface area (Å²) in [6.45, 7) is 5.08. The Balaban J connectivity index is 0.000000236. The monoisotopic (exact) mass is 666 g/mol. The van der Waals surface area contributed by atoms with Gasteiger partial charge in [0.15, 0.2) is 0 Å². The van der Waals surface area contributed by atoms with Crippen molar-refractivity contribution in [2.45, 2.75) is 38.5 Å². The molecule has 0 aliphatic carbocycles. The van der Waals surface area contributed by atoms with E-state index in [2.05, 4.69) is 5.32 Å². The highest BCUT2D eigenvalue weighted by atomic mass is 35.5. The van der Waals surface area contributed by atoms with Crippen LogP contribution < -0.4 is 11.1 Å². The van der Waals surface area contributed by atoms with Gasteiger partial charge in [0.2, 0.25) is 11.8 Å². The van der Waals surface area contributed by atoms with Crippen LogP contribution in [-0.2, 0) is 9.59 Å². The lowest BCUT2D eigenvalue weighted by molar-refractivity contribution is -0.128. The Kier molecular flexibility index (Phi) is 15.4. The van der Waals surface area contributed by atoms with E-state index in [0.29, 0.717) is 26.0 Å². The lowest BCUT2D eigenvalue weighted by atomic mass is 9.93. The molecule has 2 aromatic carbocycles. The average Bonchev–Trinajstić information content (AvgIpc) is 2.98. The number of carbonyl (C=O) groups is 2. The molecule has 0 bridgehead atoms. The number of nitrogens with zero attached hydrogens (tertiary/aromatic N) is 2. The summed E-state index contributed by atoms with van der Waals surface area (Å²) in [6.07, 6.45) is 13.2. The number of piperidine rings is 2. The van der Waals surface area contributed by atoms with Gasteiger partial charge >= 0.3 is 0 Å². The molecule has 0 aromatic heterocycles. The molecule has 2 saturated heterocycles. The molecule has 2 heterocycles. The summed E-state index contributed by atoms with van der Waals surface area (Å²) in [5, 5.41) is 5.46. The van der Waals surface area contributed by atoms with E-state index in [1.165, 1.54) is 6.42 Å². The Morgan fingerprint density at radius 1 is 0.721 bits per heavy atom. The van der Waals surface area contributed by atoms with Crippen molar-refractivity contribution in [3.63, 3.8) is 0 Å². The molecular weight excluding hydrogens is 626 g/mol. The third-order valence-corrected chi connectivity index (χ3v) is 8.71. The van der Waals surface area contributed by atoms with Crippen LogP contribution in [0.2, 0.25) is 20.1 Å². The highest BCUT2D eigenvalue weighted by Crippen LogP contribution is 2.23. The van der Waals surface area contributed by atoms with Gasteiger partial charge in [0.25, 0.3) is 0 Å². The van der Waals surface area contributed by atoms with Gasteiger partial charge in [0.05, 0.1) is 0 Å². The van der Waals surface area contributed by atoms with Crippen LogP contribution in [0.3, 0.4) is 0 Å². The van der Waals surface area contributed by atoms with Crippen LogP contribution in [0.5, 0.6) is 0 Å². The molecule has 0 unspecified atom stereocenters. The quantitative estimate of drug-likeness (QED) is 0.272. The van der Waals surface area contributed by atoms with Crippen LogP contribution >= 0.6 is 46.4 Å². The predicted molar refractivity (Wildman–Crippen MR) is 182 cm³/mol. The first-order chi connectivity index (χ1) is 20.7. The number of carbonyl (C=O) groups excluding carboxylic acids is 2. The van der Waals surface area contributed by atoms with Crippen LogP contribution in [0.4, 0.5) is 0 Å². The number of rotatable bonds is 9. The average molecular weight is 669 g/mol. The first kappa shape index (κ1) is 35.4. The van der Waals surface area contributed by atoms with Crippen molar-refractivity contribution in [3.8, 4) is 0 Å². The third-order valence-electron chi connectivity index (χ3n) is 7.84. The topological polar surface area (TPSA) is 78.7 Å². The first-order valence-corrected chi connectivity index (χ1v) is 16.4. The largest absolute Gasteiger partial charge is 0.339 e. The molecule has 0 atom stereocenters. The SMILES string of the molecule is CNCCC1CCN(C(=O)/C=C/c2cc(Cl)cc(Cl)c2)CC1.NCCC1CCN(C(=O)/C=C/c2cc(Cl)cc(Cl)c2)CC1. The van der Waals surface area contributed by atoms with Crippen molar-refractivity contribution in [1.29, 1.82) is 0 Å². The van der Waals surface area contributed by atoms with E-state index in [9.17, 15) is 9.59 Å². The summed E-state index contributed by atoms with van der Waals surface area (Å²) in [7, 11) is 1.98. The molecule has 3 N–H and O–H groups in total. The van der Waals surface area contributed by atoms with Crippen molar-refractivity contribution in [2.24, 2.45) is 17.6 Å². The van der Waals surface area contributed by atoms with E-state index in [1.54, 1.807) is 60.7 Å². The van der Waals surface area contributed by atoms with E-state index < -0.39 is 0 Å². The van der Waals surface area contributed by atoms with Gasteiger partial charge in [-0.2, -0.15) is 0 Å². The Hall–Kier alpha value is -2.06. The maximum absolute atomic E-state index is 12.2. The summed E-state index contributed by atoms with van der Waals surface area (Å²) >= 11 is 23.8. The Bertz CT molecular complexity index is 1210. The zero-order valence-corrected chi connectivity index (χ0v) is 27.7. The fourth-order valence-electron chi connectivity index (χ4n) is 5.36. The van der Waals surface area contributed by atoms with Gasteiger partial charge in [0.1, 0.15) is 0 Å². The second kappa shape index (κ2) is 18.7. The number of hydrogen-bond acceptors (Lipinski definition) is 4. The van der Waals surface area contributed by atoms with Crippen LogP contribution in [0, 0.1) is 11.8 Å². The minimum Gasteiger partial charge on any atom is -0.339 e. The lowest BCUT2D eigenvalue weighted by Gasteiger charge is -2.31. The van der Waals surface area contributed by atoms with Crippen molar-refractivity contribution < 1.29 is 9.59 Å². The maximum atomic E-state index is 12.2. The van der Waals surface area contributed by atoms with Crippen LogP contribution in [-0.4, -0.2) is 67.9 Å². The van der Waals surface area contributed by atoms with Crippen LogP contribution in [0.15, 0.2) is 48.6 Å². The molecule has 43 heavy (non-hydrogen) atoms. The molecule has 2 aromatic rings. The van der Waals surface area contributed by atoms with Crippen molar-refractivity contribution in [2.75, 3.05) is 46.3 Å². The van der Waals surface area contributed by atoms with Gasteiger partial charge in [-0.15, -0.1) is 0 Å². The minimum atomic E-state index is 0.0392. The smallest absolute Gasteiger partial charge is 0.246 e. The van der Waals surface area contributed by atoms with Crippen molar-refractivity contribution >= 4 is 70.4 Å². The fraction of sp³-hybridized carbons (Fsp3) is 0.455. The van der Waals surface area contributed by atoms with Crippen molar-refractivity contribution in [3.05, 3.63) is 79.8 Å². The molecule has 0 spiro atoms. The zero-order valence-electron chi connectivity index (χ0n) is 24.7. The standard InChI is InChI=1S/C17H22Cl2N2O.C16H20Cl2N2O/c1-20-7-4-13-5-8-21(9-6-13)17(22)3-2-14-10-15(18)12-16(19)11-14;17-14-9-13(10-15(18)11-14)1-2-16(21)20-7-4-12(3-6-19)5-8-20/h2-3,10-13,20H,4-9H2,1H3;1-2,9-12H,3-8,19H2/b3-2+;2-1+. The second-order valence-corrected chi connectivity index (χ2v) is 12.8. The number of amides is 2. The molecule has 0 saturated carbocycles. The zero-order chi connectivity index (χ0) is 31.2. The predicted octanol–water partition coefficient (Wildman–Crippen LogP) is 7.45. The van der Waals surface area contributed by atoms with E-state index in [-0.39, 0.29) is 11.8 Å². The molecule has 2 aliphatic heterocycles. The Labute approximate surface area is 276 Å². The summed E-state index contributed by atoms with van der Waals surface area (Å²) in [4.78, 5) is 28.2. The maximum Gasteiger partial charge on any atom is 0.246 e. The fourth-order valence-corrected chi connectivity index (χ4v) is 6.44. The lowest BCUT2D eigenvalue weighted by Crippen LogP contribution is -2.38. The van der Waals surface area contributed by atoms with E-state index in [0.717, 1.165) is 88.4 Å². The van der Waals surface area contributed by atoms with Crippen LogP contribution in [0.25, 0.3) is 12.2 Å². The molecular formula is C33H42Cl4N4O2. The Morgan fingerprint density at radius 3 is 1.44 bits per heavy atom. The normalized spacial score (nSPS) is 16.5. The molecule has 2 aliphatic rings. The highest BCUT2D eigenvalue weighted by Gasteiger charge is 2.22. The van der Waals surface area contributed by atoms with E-state index in [4.69, 9.17) is 52.1 Å². The van der Waals surface area contributed by atoms with Gasteiger partial charge in [-0.05, 0) is 130 Å². The molecule has 2 fully saturated rings. The molecule has 10 heteroatoms.